The summed E-state index contributed by atoms with van der Waals surface area (Å²) in [7, 11) is 1.68. The van der Waals surface area contributed by atoms with E-state index in [1.54, 1.807) is 7.11 Å². The smallest absolute Gasteiger partial charge is 0.119 e. The van der Waals surface area contributed by atoms with Crippen molar-refractivity contribution in [1.82, 2.24) is 5.32 Å². The number of nitrogens with one attached hydrogen (secondary N) is 1. The summed E-state index contributed by atoms with van der Waals surface area (Å²) in [6, 6.07) is 16.6. The van der Waals surface area contributed by atoms with Crippen molar-refractivity contribution in [3.8, 4) is 11.5 Å². The molecule has 0 radical (unpaired) electrons. The molecule has 112 valence electrons. The Labute approximate surface area is 126 Å². The number of rotatable bonds is 7. The second-order valence-corrected chi connectivity index (χ2v) is 4.96. The third-order valence-corrected chi connectivity index (χ3v) is 3.44. The van der Waals surface area contributed by atoms with Gasteiger partial charge in [-0.1, -0.05) is 24.3 Å². The van der Waals surface area contributed by atoms with Crippen LogP contribution in [0.5, 0.6) is 11.5 Å². The first-order chi connectivity index (χ1) is 10.2. The van der Waals surface area contributed by atoms with Crippen molar-refractivity contribution in [2.24, 2.45) is 0 Å². The molecule has 0 aliphatic rings. The molecule has 0 aliphatic heterocycles. The standard InChI is InChI=1S/C18H23NO2/c1-4-21-18-7-5-6-15(12-18)13-19-14(2)16-8-10-17(20-3)11-9-16/h5-12,14,19H,4,13H2,1-3H3. The number of benzene rings is 2. The Hall–Kier alpha value is -2.00. The first-order valence-corrected chi connectivity index (χ1v) is 7.32. The number of hydrogen-bond donors (Lipinski definition) is 1. The van der Waals surface area contributed by atoms with Crippen molar-refractivity contribution in [2.45, 2.75) is 26.4 Å². The van der Waals surface area contributed by atoms with E-state index in [9.17, 15) is 0 Å². The van der Waals surface area contributed by atoms with Crippen molar-refractivity contribution < 1.29 is 9.47 Å². The second kappa shape index (κ2) is 7.70. The highest BCUT2D eigenvalue weighted by Gasteiger charge is 2.05. The third-order valence-electron chi connectivity index (χ3n) is 3.44. The van der Waals surface area contributed by atoms with Crippen molar-refractivity contribution in [3.05, 3.63) is 59.7 Å². The summed E-state index contributed by atoms with van der Waals surface area (Å²) in [6.07, 6.45) is 0. The Kier molecular flexibility index (Phi) is 5.64. The number of ether oxygens (including phenoxy) is 2. The molecule has 0 saturated heterocycles. The number of hydrogen-bond acceptors (Lipinski definition) is 3. The van der Waals surface area contributed by atoms with Gasteiger partial charge in [-0.2, -0.15) is 0 Å². The molecule has 0 heterocycles. The lowest BCUT2D eigenvalue weighted by molar-refractivity contribution is 0.339. The zero-order valence-electron chi connectivity index (χ0n) is 12.9. The predicted molar refractivity (Wildman–Crippen MR) is 85.9 cm³/mol. The third kappa shape index (κ3) is 4.50. The molecule has 1 atom stereocenters. The summed E-state index contributed by atoms with van der Waals surface area (Å²) in [5, 5.41) is 3.53. The summed E-state index contributed by atoms with van der Waals surface area (Å²) in [6.45, 7) is 5.66. The van der Waals surface area contributed by atoms with Crippen LogP contribution >= 0.6 is 0 Å². The van der Waals surface area contributed by atoms with Crippen LogP contribution in [0.1, 0.15) is 31.0 Å². The van der Waals surface area contributed by atoms with E-state index < -0.39 is 0 Å². The molecule has 0 bridgehead atoms. The molecule has 1 N–H and O–H groups in total. The van der Waals surface area contributed by atoms with Crippen LogP contribution in [0.15, 0.2) is 48.5 Å². The van der Waals surface area contributed by atoms with Gasteiger partial charge in [-0.05, 0) is 49.2 Å². The van der Waals surface area contributed by atoms with Gasteiger partial charge in [0.05, 0.1) is 13.7 Å². The first-order valence-electron chi connectivity index (χ1n) is 7.32. The van der Waals surface area contributed by atoms with Gasteiger partial charge in [-0.25, -0.2) is 0 Å². The van der Waals surface area contributed by atoms with E-state index in [0.717, 1.165) is 18.0 Å². The van der Waals surface area contributed by atoms with Gasteiger partial charge in [0, 0.05) is 12.6 Å². The summed E-state index contributed by atoms with van der Waals surface area (Å²) >= 11 is 0. The molecule has 0 amide bonds. The fourth-order valence-corrected chi connectivity index (χ4v) is 2.19. The Morgan fingerprint density at radius 3 is 2.48 bits per heavy atom. The molecular formula is C18H23NO2. The largest absolute Gasteiger partial charge is 0.497 e. The van der Waals surface area contributed by atoms with Crippen LogP contribution in [-0.4, -0.2) is 13.7 Å². The highest BCUT2D eigenvalue weighted by Crippen LogP contribution is 2.18. The van der Waals surface area contributed by atoms with Crippen LogP contribution in [-0.2, 0) is 6.54 Å². The van der Waals surface area contributed by atoms with Crippen LogP contribution in [0.4, 0.5) is 0 Å². The minimum Gasteiger partial charge on any atom is -0.497 e. The minimum atomic E-state index is 0.284. The van der Waals surface area contributed by atoms with E-state index in [1.165, 1.54) is 11.1 Å². The molecular weight excluding hydrogens is 262 g/mol. The van der Waals surface area contributed by atoms with Gasteiger partial charge in [0.1, 0.15) is 11.5 Å². The van der Waals surface area contributed by atoms with Gasteiger partial charge in [0.2, 0.25) is 0 Å². The van der Waals surface area contributed by atoms with E-state index in [2.05, 4.69) is 36.5 Å². The number of methoxy groups -OCH3 is 1. The van der Waals surface area contributed by atoms with E-state index >= 15 is 0 Å². The Morgan fingerprint density at radius 1 is 1.05 bits per heavy atom. The van der Waals surface area contributed by atoms with Gasteiger partial charge in [0.25, 0.3) is 0 Å². The Morgan fingerprint density at radius 2 is 1.81 bits per heavy atom. The molecule has 3 heteroatoms. The van der Waals surface area contributed by atoms with Crippen molar-refractivity contribution in [3.63, 3.8) is 0 Å². The van der Waals surface area contributed by atoms with Crippen LogP contribution in [0, 0.1) is 0 Å². The van der Waals surface area contributed by atoms with Crippen LogP contribution in [0.25, 0.3) is 0 Å². The summed E-state index contributed by atoms with van der Waals surface area (Å²) in [5.41, 5.74) is 2.47. The molecule has 0 saturated carbocycles. The molecule has 2 rings (SSSR count). The fraction of sp³-hybridized carbons (Fsp3) is 0.333. The lowest BCUT2D eigenvalue weighted by Gasteiger charge is -2.15. The van der Waals surface area contributed by atoms with Crippen molar-refractivity contribution in [2.75, 3.05) is 13.7 Å². The second-order valence-electron chi connectivity index (χ2n) is 4.96. The molecule has 0 aromatic heterocycles. The highest BCUT2D eigenvalue weighted by molar-refractivity contribution is 5.30. The van der Waals surface area contributed by atoms with Gasteiger partial charge >= 0.3 is 0 Å². The lowest BCUT2D eigenvalue weighted by atomic mass is 10.1. The van der Waals surface area contributed by atoms with Crippen LogP contribution < -0.4 is 14.8 Å². The predicted octanol–water partition coefficient (Wildman–Crippen LogP) is 3.94. The minimum absolute atomic E-state index is 0.284. The summed E-state index contributed by atoms with van der Waals surface area (Å²) < 4.78 is 10.7. The van der Waals surface area contributed by atoms with Gasteiger partial charge in [-0.3, -0.25) is 0 Å². The average molecular weight is 285 g/mol. The SMILES string of the molecule is CCOc1cccc(CNC(C)c2ccc(OC)cc2)c1. The monoisotopic (exact) mass is 285 g/mol. The fourth-order valence-electron chi connectivity index (χ4n) is 2.19. The highest BCUT2D eigenvalue weighted by atomic mass is 16.5. The summed E-state index contributed by atoms with van der Waals surface area (Å²) in [4.78, 5) is 0. The summed E-state index contributed by atoms with van der Waals surface area (Å²) in [5.74, 6) is 1.81. The lowest BCUT2D eigenvalue weighted by Crippen LogP contribution is -2.18. The zero-order chi connectivity index (χ0) is 15.1. The molecule has 21 heavy (non-hydrogen) atoms. The van der Waals surface area contributed by atoms with Crippen LogP contribution in [0.2, 0.25) is 0 Å². The van der Waals surface area contributed by atoms with E-state index in [-0.39, 0.29) is 6.04 Å². The molecule has 3 nitrogen and oxygen atoms in total. The molecule has 0 spiro atoms. The molecule has 2 aromatic carbocycles. The molecule has 0 aliphatic carbocycles. The first kappa shape index (κ1) is 15.4. The van der Waals surface area contributed by atoms with Gasteiger partial charge < -0.3 is 14.8 Å². The quantitative estimate of drug-likeness (QED) is 0.835. The normalized spacial score (nSPS) is 12.0. The van der Waals surface area contributed by atoms with Crippen molar-refractivity contribution in [1.29, 1.82) is 0 Å². The maximum Gasteiger partial charge on any atom is 0.119 e. The van der Waals surface area contributed by atoms with Gasteiger partial charge in [-0.15, -0.1) is 0 Å². The maximum atomic E-state index is 5.52. The van der Waals surface area contributed by atoms with E-state index in [1.807, 2.05) is 31.2 Å². The van der Waals surface area contributed by atoms with Crippen molar-refractivity contribution >= 4 is 0 Å². The van der Waals surface area contributed by atoms with Gasteiger partial charge in [0.15, 0.2) is 0 Å². The molecule has 0 fully saturated rings. The average Bonchev–Trinajstić information content (AvgIpc) is 2.53. The van der Waals surface area contributed by atoms with Crippen LogP contribution in [0.3, 0.4) is 0 Å². The Balaban J connectivity index is 1.93. The maximum absolute atomic E-state index is 5.52. The Bertz CT molecular complexity index is 551. The topological polar surface area (TPSA) is 30.5 Å². The van der Waals surface area contributed by atoms with E-state index in [4.69, 9.17) is 9.47 Å². The van der Waals surface area contributed by atoms with E-state index in [0.29, 0.717) is 6.61 Å². The zero-order valence-corrected chi connectivity index (χ0v) is 12.9. The molecule has 2 aromatic rings. The molecule has 1 unspecified atom stereocenters.